The number of nitrogens with one attached hydrogen (secondary N) is 2. The van der Waals surface area contributed by atoms with Crippen LogP contribution in [-0.2, 0) is 57.3 Å². The third kappa shape index (κ3) is 41.4. The average molecular weight is 945 g/mol. The van der Waals surface area contributed by atoms with Gasteiger partial charge >= 0.3 is 23.9 Å². The Morgan fingerprint density at radius 1 is 0.379 bits per heavy atom. The molecule has 0 aliphatic heterocycles. The van der Waals surface area contributed by atoms with Crippen LogP contribution in [-0.4, -0.2) is 134 Å². The predicted octanol–water partition coefficient (Wildman–Crippen LogP) is 6.77. The highest BCUT2D eigenvalue weighted by atomic mass is 16.6. The molecule has 0 saturated carbocycles. The van der Waals surface area contributed by atoms with Crippen LogP contribution in [0.5, 0.6) is 0 Å². The molecule has 18 heteroatoms. The number of rotatable bonds is 50. The van der Waals surface area contributed by atoms with Crippen LogP contribution in [0.4, 0.5) is 0 Å². The molecule has 0 spiro atoms. The molecule has 0 radical (unpaired) electrons. The summed E-state index contributed by atoms with van der Waals surface area (Å²) in [5, 5.41) is 42.0. The molecule has 18 nitrogen and oxygen atoms in total. The van der Waals surface area contributed by atoms with Crippen LogP contribution in [0.1, 0.15) is 174 Å². The van der Waals surface area contributed by atoms with Crippen molar-refractivity contribution in [1.29, 1.82) is 0 Å². The summed E-state index contributed by atoms with van der Waals surface area (Å²) >= 11 is 0. The van der Waals surface area contributed by atoms with E-state index in [1.807, 2.05) is 0 Å². The molecule has 0 heterocycles. The zero-order valence-electron chi connectivity index (χ0n) is 39.9. The zero-order chi connectivity index (χ0) is 49.0. The summed E-state index contributed by atoms with van der Waals surface area (Å²) in [6.07, 6.45) is 17.5. The molecular formula is C48H84N2O16. The number of unbranched alkanes of at least 4 members (excludes halogenated alkanes) is 14. The number of Topliss-reactive ketones (excluding diaryl/α,β-unsaturated/α-hetero) is 2. The highest BCUT2D eigenvalue weighted by Crippen LogP contribution is 2.18. The monoisotopic (exact) mass is 945 g/mol. The Morgan fingerprint density at radius 2 is 0.758 bits per heavy atom. The molecule has 0 aliphatic rings. The molecule has 0 aromatic carbocycles. The quantitative estimate of drug-likeness (QED) is 0.0343. The number of carboxylic acid groups (broad SMARTS) is 4. The molecule has 0 aromatic heterocycles. The first-order valence-electron chi connectivity index (χ1n) is 24.5. The zero-order valence-corrected chi connectivity index (χ0v) is 39.9. The normalized spacial score (nSPS) is 12.6. The summed E-state index contributed by atoms with van der Waals surface area (Å²) in [5.74, 6) is -7.07. The number of carbonyl (C=O) groups is 8. The van der Waals surface area contributed by atoms with E-state index in [1.165, 1.54) is 44.9 Å². The van der Waals surface area contributed by atoms with Gasteiger partial charge < -0.3 is 50.0 Å². The fraction of sp³-hybridized carbons (Fsp3) is 0.833. The molecule has 0 fully saturated rings. The minimum absolute atomic E-state index is 0.00358. The second-order valence-corrected chi connectivity index (χ2v) is 17.1. The van der Waals surface area contributed by atoms with Crippen molar-refractivity contribution >= 4 is 47.3 Å². The van der Waals surface area contributed by atoms with Gasteiger partial charge in [-0.3, -0.25) is 38.4 Å². The van der Waals surface area contributed by atoms with E-state index >= 15 is 0 Å². The number of carboxylic acids is 4. The van der Waals surface area contributed by atoms with Crippen molar-refractivity contribution in [1.82, 2.24) is 10.6 Å². The third-order valence-corrected chi connectivity index (χ3v) is 11.2. The Bertz CT molecular complexity index is 1350. The van der Waals surface area contributed by atoms with Crippen LogP contribution in [0, 0.1) is 17.8 Å². The van der Waals surface area contributed by atoms with Gasteiger partial charge in [0.1, 0.15) is 11.6 Å². The number of ketones is 2. The third-order valence-electron chi connectivity index (χ3n) is 11.2. The maximum absolute atomic E-state index is 12.4. The second-order valence-electron chi connectivity index (χ2n) is 17.1. The van der Waals surface area contributed by atoms with Gasteiger partial charge in [0.15, 0.2) is 0 Å². The van der Waals surface area contributed by atoms with E-state index in [4.69, 9.17) is 29.2 Å². The van der Waals surface area contributed by atoms with Crippen LogP contribution in [0.3, 0.4) is 0 Å². The summed E-state index contributed by atoms with van der Waals surface area (Å²) in [7, 11) is 0. The number of amides is 2. The van der Waals surface area contributed by atoms with Crippen LogP contribution in [0.25, 0.3) is 0 Å². The van der Waals surface area contributed by atoms with Gasteiger partial charge in [-0.1, -0.05) is 90.4 Å². The van der Waals surface area contributed by atoms with E-state index < -0.39 is 41.6 Å². The van der Waals surface area contributed by atoms with Crippen LogP contribution in [0.2, 0.25) is 0 Å². The number of aliphatic carboxylic acids is 4. The summed E-state index contributed by atoms with van der Waals surface area (Å²) in [6.45, 7) is 4.35. The van der Waals surface area contributed by atoms with E-state index in [1.54, 1.807) is 6.92 Å². The average Bonchev–Trinajstić information content (AvgIpc) is 3.26. The fourth-order valence-corrected chi connectivity index (χ4v) is 7.02. The molecular weight excluding hydrogens is 861 g/mol. The second kappa shape index (κ2) is 43.6. The molecule has 0 saturated heterocycles. The molecule has 0 aliphatic carbocycles. The first-order valence-corrected chi connectivity index (χ1v) is 24.5. The molecule has 3 atom stereocenters. The topological polar surface area (TPSA) is 278 Å². The van der Waals surface area contributed by atoms with Crippen LogP contribution in [0.15, 0.2) is 0 Å². The maximum atomic E-state index is 12.4. The van der Waals surface area contributed by atoms with E-state index in [-0.39, 0.29) is 108 Å². The lowest BCUT2D eigenvalue weighted by Gasteiger charge is -2.12. The van der Waals surface area contributed by atoms with Crippen molar-refractivity contribution in [2.24, 2.45) is 17.8 Å². The molecule has 0 rings (SSSR count). The van der Waals surface area contributed by atoms with Gasteiger partial charge in [0.25, 0.3) is 0 Å². The largest absolute Gasteiger partial charge is 0.481 e. The molecule has 6 N–H and O–H groups in total. The molecule has 0 aromatic rings. The van der Waals surface area contributed by atoms with E-state index in [0.29, 0.717) is 58.7 Å². The number of hydrogen-bond donors (Lipinski definition) is 6. The Hall–Kier alpha value is -4.00. The smallest absolute Gasteiger partial charge is 0.306 e. The molecule has 382 valence electrons. The highest BCUT2D eigenvalue weighted by Gasteiger charge is 2.23. The van der Waals surface area contributed by atoms with Crippen molar-refractivity contribution in [2.45, 2.75) is 174 Å². The minimum Gasteiger partial charge on any atom is -0.481 e. The van der Waals surface area contributed by atoms with Gasteiger partial charge in [-0.25, -0.2) is 0 Å². The minimum atomic E-state index is -1.14. The lowest BCUT2D eigenvalue weighted by atomic mass is 9.94. The van der Waals surface area contributed by atoms with Gasteiger partial charge in [0, 0.05) is 58.0 Å². The van der Waals surface area contributed by atoms with Gasteiger partial charge in [-0.05, 0) is 38.5 Å². The van der Waals surface area contributed by atoms with Gasteiger partial charge in [-0.15, -0.1) is 0 Å². The van der Waals surface area contributed by atoms with Gasteiger partial charge in [0.05, 0.1) is 70.6 Å². The first kappa shape index (κ1) is 62.0. The highest BCUT2D eigenvalue weighted by molar-refractivity contribution is 5.85. The summed E-state index contributed by atoms with van der Waals surface area (Å²) < 4.78 is 21.7. The van der Waals surface area contributed by atoms with Crippen molar-refractivity contribution < 1.29 is 77.7 Å². The Labute approximate surface area is 392 Å². The number of ether oxygens (including phenoxy) is 4. The maximum Gasteiger partial charge on any atom is 0.306 e. The molecule has 66 heavy (non-hydrogen) atoms. The van der Waals surface area contributed by atoms with Crippen LogP contribution < -0.4 is 10.6 Å². The lowest BCUT2D eigenvalue weighted by Crippen LogP contribution is -2.29. The summed E-state index contributed by atoms with van der Waals surface area (Å²) in [6, 6.07) is 0. The van der Waals surface area contributed by atoms with Gasteiger partial charge in [0.2, 0.25) is 11.8 Å². The van der Waals surface area contributed by atoms with Gasteiger partial charge in [-0.2, -0.15) is 0 Å². The van der Waals surface area contributed by atoms with Crippen molar-refractivity contribution in [2.75, 3.05) is 65.9 Å². The number of hydrogen-bond acceptors (Lipinski definition) is 12. The van der Waals surface area contributed by atoms with Crippen molar-refractivity contribution in [3.05, 3.63) is 0 Å². The Kier molecular flexibility index (Phi) is 40.9. The molecule has 2 amide bonds. The van der Waals surface area contributed by atoms with Crippen LogP contribution >= 0.6 is 0 Å². The first-order chi connectivity index (χ1) is 31.7. The SMILES string of the molecule is C[C@@H](CCCCNC(=O)CC[C@H](CC(=O)CCOCCOCCOCCOCCNC(=O)CC[C@H](CC(=O)CCCCCCCCCCCCCCCCC(=O)O)C(=O)O)C(=O)O)C(=O)O. The van der Waals surface area contributed by atoms with Crippen molar-refractivity contribution in [3.63, 3.8) is 0 Å². The predicted molar refractivity (Wildman–Crippen MR) is 246 cm³/mol. The summed E-state index contributed by atoms with van der Waals surface area (Å²) in [4.78, 5) is 93.8. The van der Waals surface area contributed by atoms with E-state index in [9.17, 15) is 48.6 Å². The lowest BCUT2D eigenvalue weighted by molar-refractivity contribution is -0.145. The standard InChI is InChI=1S/C48H84N2O16/c1-38(46(57)58)18-16-17-26-49-43(53)23-21-40(48(61)62)37-42(52)25-28-63-30-32-65-34-35-66-33-31-64-29-27-50-44(54)24-22-39(47(59)60)36-41(51)19-14-12-10-8-6-4-2-3-5-7-9-11-13-15-20-45(55)56/h38-40H,2-37H2,1H3,(H,49,53)(H,50,54)(H,55,56)(H,57,58)(H,59,60)(H,61,62)/t38-,39+,40+/m0/s1. The summed E-state index contributed by atoms with van der Waals surface area (Å²) in [5.41, 5.74) is 0. The fourth-order valence-electron chi connectivity index (χ4n) is 7.02. The molecule has 0 bridgehead atoms. The van der Waals surface area contributed by atoms with Crippen molar-refractivity contribution in [3.8, 4) is 0 Å². The van der Waals surface area contributed by atoms with E-state index in [0.717, 1.165) is 44.9 Å². The number of carbonyl (C=O) groups excluding carboxylic acids is 4. The Balaban J connectivity index is 3.74. The molecule has 0 unspecified atom stereocenters. The Morgan fingerprint density at radius 3 is 1.18 bits per heavy atom. The van der Waals surface area contributed by atoms with E-state index in [2.05, 4.69) is 10.6 Å².